The average Bonchev–Trinajstić information content (AvgIpc) is 2.35. The molecule has 0 saturated carbocycles. The summed E-state index contributed by atoms with van der Waals surface area (Å²) in [5, 5.41) is 3.29. The van der Waals surface area contributed by atoms with Crippen LogP contribution in [0.1, 0.15) is 31.5 Å². The Kier molecular flexibility index (Phi) is 6.95. The number of halogens is 3. The van der Waals surface area contributed by atoms with Gasteiger partial charge in [-0.1, -0.05) is 19.9 Å². The summed E-state index contributed by atoms with van der Waals surface area (Å²) in [7, 11) is 0. The van der Waals surface area contributed by atoms with Crippen LogP contribution in [0.3, 0.4) is 0 Å². The van der Waals surface area contributed by atoms with E-state index < -0.39 is 12.6 Å². The maximum atomic E-state index is 11.9. The Morgan fingerprint density at radius 2 is 2.05 bits per heavy atom. The third-order valence-corrected chi connectivity index (χ3v) is 2.55. The van der Waals surface area contributed by atoms with Crippen LogP contribution in [0.4, 0.5) is 13.2 Å². The van der Waals surface area contributed by atoms with E-state index in [2.05, 4.69) is 24.1 Å². The summed E-state index contributed by atoms with van der Waals surface area (Å²) in [6.07, 6.45) is -3.38. The molecule has 0 aromatic carbocycles. The normalized spacial score (nSPS) is 12.1. The van der Waals surface area contributed by atoms with Crippen molar-refractivity contribution in [2.75, 3.05) is 13.2 Å². The summed E-state index contributed by atoms with van der Waals surface area (Å²) in [6, 6.07) is 3.68. The number of hydrogen-bond donors (Lipinski definition) is 1. The minimum atomic E-state index is -4.17. The first kappa shape index (κ1) is 16.9. The van der Waals surface area contributed by atoms with Crippen LogP contribution in [0.15, 0.2) is 18.3 Å². The van der Waals surface area contributed by atoms with E-state index in [-0.39, 0.29) is 13.2 Å². The van der Waals surface area contributed by atoms with E-state index in [1.54, 1.807) is 12.3 Å². The topological polar surface area (TPSA) is 34.1 Å². The Bertz CT molecular complexity index is 377. The quantitative estimate of drug-likeness (QED) is 0.746. The predicted octanol–water partition coefficient (Wildman–Crippen LogP) is 3.30. The minimum absolute atomic E-state index is 0.107. The molecule has 0 atom stereocenters. The molecular weight excluding hydrogens is 269 g/mol. The zero-order valence-electron chi connectivity index (χ0n) is 11.8. The number of rotatable bonds is 8. The van der Waals surface area contributed by atoms with Gasteiger partial charge >= 0.3 is 6.18 Å². The largest absolute Gasteiger partial charge is 0.391 e. The van der Waals surface area contributed by atoms with E-state index >= 15 is 0 Å². The molecule has 1 heterocycles. The first-order valence-corrected chi connectivity index (χ1v) is 6.66. The SMILES string of the molecule is CC(C)CNCc1ccc(COCCC(F)(F)F)nc1. The van der Waals surface area contributed by atoms with Crippen molar-refractivity contribution in [2.24, 2.45) is 5.92 Å². The molecule has 0 aliphatic rings. The van der Waals surface area contributed by atoms with Crippen molar-refractivity contribution in [1.29, 1.82) is 0 Å². The average molecular weight is 290 g/mol. The molecule has 0 spiro atoms. The van der Waals surface area contributed by atoms with E-state index in [4.69, 9.17) is 4.74 Å². The monoisotopic (exact) mass is 290 g/mol. The Labute approximate surface area is 117 Å². The molecule has 0 unspecified atom stereocenters. The van der Waals surface area contributed by atoms with Crippen molar-refractivity contribution in [3.63, 3.8) is 0 Å². The molecule has 0 aliphatic heterocycles. The molecule has 3 nitrogen and oxygen atoms in total. The van der Waals surface area contributed by atoms with E-state index in [0.717, 1.165) is 18.7 Å². The van der Waals surface area contributed by atoms with Gasteiger partial charge in [-0.2, -0.15) is 13.2 Å². The van der Waals surface area contributed by atoms with Gasteiger partial charge < -0.3 is 10.1 Å². The van der Waals surface area contributed by atoms with Gasteiger partial charge in [0.15, 0.2) is 0 Å². The molecule has 0 fully saturated rings. The minimum Gasteiger partial charge on any atom is -0.375 e. The second-order valence-corrected chi connectivity index (χ2v) is 5.10. The summed E-state index contributed by atoms with van der Waals surface area (Å²) in [6.45, 7) is 5.71. The number of hydrogen-bond acceptors (Lipinski definition) is 3. The third kappa shape index (κ3) is 8.12. The molecule has 1 N–H and O–H groups in total. The lowest BCUT2D eigenvalue weighted by atomic mass is 10.2. The van der Waals surface area contributed by atoms with Gasteiger partial charge in [0.25, 0.3) is 0 Å². The Hall–Kier alpha value is -1.14. The Morgan fingerprint density at radius 3 is 2.60 bits per heavy atom. The third-order valence-electron chi connectivity index (χ3n) is 2.55. The van der Waals surface area contributed by atoms with Crippen molar-refractivity contribution in [2.45, 2.75) is 39.6 Å². The van der Waals surface area contributed by atoms with Crippen LogP contribution >= 0.6 is 0 Å². The molecule has 1 rings (SSSR count). The van der Waals surface area contributed by atoms with E-state index in [1.807, 2.05) is 6.07 Å². The van der Waals surface area contributed by atoms with Gasteiger partial charge in [0.2, 0.25) is 0 Å². The van der Waals surface area contributed by atoms with Crippen LogP contribution in [-0.4, -0.2) is 24.3 Å². The summed E-state index contributed by atoms with van der Waals surface area (Å²) in [4.78, 5) is 4.16. The predicted molar refractivity (Wildman–Crippen MR) is 71.1 cm³/mol. The zero-order chi connectivity index (χ0) is 15.0. The van der Waals surface area contributed by atoms with Gasteiger partial charge in [0, 0.05) is 12.7 Å². The van der Waals surface area contributed by atoms with Crippen LogP contribution < -0.4 is 5.32 Å². The van der Waals surface area contributed by atoms with E-state index in [9.17, 15) is 13.2 Å². The van der Waals surface area contributed by atoms with Gasteiger partial charge in [-0.25, -0.2) is 0 Å². The summed E-state index contributed by atoms with van der Waals surface area (Å²) in [5.41, 5.74) is 1.68. The van der Waals surface area contributed by atoms with Gasteiger partial charge in [-0.15, -0.1) is 0 Å². The van der Waals surface area contributed by atoms with Crippen LogP contribution in [0.5, 0.6) is 0 Å². The van der Waals surface area contributed by atoms with E-state index in [0.29, 0.717) is 11.6 Å². The highest BCUT2D eigenvalue weighted by Gasteiger charge is 2.26. The molecule has 6 heteroatoms. The highest BCUT2D eigenvalue weighted by Crippen LogP contribution is 2.19. The van der Waals surface area contributed by atoms with Gasteiger partial charge in [0.1, 0.15) is 0 Å². The van der Waals surface area contributed by atoms with Crippen LogP contribution in [0.2, 0.25) is 0 Å². The van der Waals surface area contributed by atoms with Crippen LogP contribution in [0, 0.1) is 5.92 Å². The second kappa shape index (κ2) is 8.21. The van der Waals surface area contributed by atoms with Gasteiger partial charge in [-0.3, -0.25) is 4.98 Å². The lowest BCUT2D eigenvalue weighted by Crippen LogP contribution is -2.19. The smallest absolute Gasteiger partial charge is 0.375 e. The van der Waals surface area contributed by atoms with Gasteiger partial charge in [0.05, 0.1) is 25.3 Å². The number of alkyl halides is 3. The first-order chi connectivity index (χ1) is 9.37. The second-order valence-electron chi connectivity index (χ2n) is 5.10. The number of pyridine rings is 1. The molecular formula is C14H21F3N2O. The highest BCUT2D eigenvalue weighted by molar-refractivity contribution is 5.13. The van der Waals surface area contributed by atoms with Crippen molar-refractivity contribution in [3.05, 3.63) is 29.6 Å². The van der Waals surface area contributed by atoms with Gasteiger partial charge in [-0.05, 0) is 24.1 Å². The fraction of sp³-hybridized carbons (Fsp3) is 0.643. The molecule has 0 saturated heterocycles. The zero-order valence-corrected chi connectivity index (χ0v) is 11.8. The molecule has 0 amide bonds. The lowest BCUT2D eigenvalue weighted by Gasteiger charge is -2.09. The molecule has 1 aromatic heterocycles. The number of ether oxygens (including phenoxy) is 1. The van der Waals surface area contributed by atoms with Crippen molar-refractivity contribution >= 4 is 0 Å². The molecule has 0 aliphatic carbocycles. The maximum absolute atomic E-state index is 11.9. The number of nitrogens with one attached hydrogen (secondary N) is 1. The summed E-state index contributed by atoms with van der Waals surface area (Å²) < 4.78 is 40.7. The molecule has 20 heavy (non-hydrogen) atoms. The Morgan fingerprint density at radius 1 is 1.30 bits per heavy atom. The van der Waals surface area contributed by atoms with Crippen molar-refractivity contribution in [3.8, 4) is 0 Å². The van der Waals surface area contributed by atoms with Crippen molar-refractivity contribution < 1.29 is 17.9 Å². The van der Waals surface area contributed by atoms with Crippen LogP contribution in [-0.2, 0) is 17.9 Å². The summed E-state index contributed by atoms with van der Waals surface area (Å²) in [5.74, 6) is 0.587. The number of aromatic nitrogens is 1. The lowest BCUT2D eigenvalue weighted by molar-refractivity contribution is -0.146. The first-order valence-electron chi connectivity index (χ1n) is 6.66. The fourth-order valence-electron chi connectivity index (χ4n) is 1.51. The molecule has 0 radical (unpaired) electrons. The van der Waals surface area contributed by atoms with Crippen molar-refractivity contribution in [1.82, 2.24) is 10.3 Å². The fourth-order valence-corrected chi connectivity index (χ4v) is 1.51. The summed E-state index contributed by atoms with van der Waals surface area (Å²) >= 11 is 0. The van der Waals surface area contributed by atoms with E-state index in [1.165, 1.54) is 0 Å². The standard InChI is InChI=1S/C14H21F3N2O/c1-11(2)7-18-8-12-3-4-13(19-9-12)10-20-6-5-14(15,16)17/h3-4,9,11,18H,5-8,10H2,1-2H3. The molecule has 1 aromatic rings. The van der Waals surface area contributed by atoms with Crippen LogP contribution in [0.25, 0.3) is 0 Å². The Balaban J connectivity index is 2.25. The highest BCUT2D eigenvalue weighted by atomic mass is 19.4. The number of nitrogens with zero attached hydrogens (tertiary/aromatic N) is 1. The maximum Gasteiger partial charge on any atom is 0.391 e. The molecule has 0 bridgehead atoms. The molecule has 114 valence electrons.